The molecular formula is C19H17BrN2O. The van der Waals surface area contributed by atoms with Gasteiger partial charge >= 0.3 is 0 Å². The van der Waals surface area contributed by atoms with Crippen LogP contribution >= 0.6 is 15.9 Å². The Morgan fingerprint density at radius 1 is 1.04 bits per heavy atom. The molecule has 1 heterocycles. The fraction of sp³-hybridized carbons (Fsp3) is 0.105. The third kappa shape index (κ3) is 3.54. The molecule has 1 amide bonds. The molecule has 0 saturated heterocycles. The van der Waals surface area contributed by atoms with Gasteiger partial charge in [0.25, 0.3) is 5.91 Å². The van der Waals surface area contributed by atoms with Crippen LogP contribution in [0.25, 0.3) is 0 Å². The highest BCUT2D eigenvalue weighted by atomic mass is 79.9. The summed E-state index contributed by atoms with van der Waals surface area (Å²) in [5.41, 5.74) is 2.83. The number of amides is 1. The number of carbonyl (C=O) groups is 1. The van der Waals surface area contributed by atoms with E-state index in [1.807, 2.05) is 84.5 Å². The third-order valence-corrected chi connectivity index (χ3v) is 4.60. The molecule has 0 radical (unpaired) electrons. The number of aromatic nitrogens is 1. The molecule has 0 aliphatic rings. The van der Waals surface area contributed by atoms with Crippen molar-refractivity contribution >= 4 is 27.5 Å². The second-order valence-corrected chi connectivity index (χ2v) is 6.25. The van der Waals surface area contributed by atoms with Crippen LogP contribution in [0.1, 0.15) is 17.2 Å². The lowest BCUT2D eigenvalue weighted by Gasteiger charge is -2.19. The highest BCUT2D eigenvalue weighted by molar-refractivity contribution is 9.10. The highest BCUT2D eigenvalue weighted by Gasteiger charge is 2.21. The summed E-state index contributed by atoms with van der Waals surface area (Å²) in [6.45, 7) is 2.00. The van der Waals surface area contributed by atoms with Gasteiger partial charge in [-0.1, -0.05) is 46.3 Å². The monoisotopic (exact) mass is 368 g/mol. The molecule has 23 heavy (non-hydrogen) atoms. The van der Waals surface area contributed by atoms with Crippen LogP contribution in [0.2, 0.25) is 0 Å². The summed E-state index contributed by atoms with van der Waals surface area (Å²) in [6.07, 6.45) is 3.81. The first-order valence-corrected chi connectivity index (χ1v) is 8.19. The van der Waals surface area contributed by atoms with Crippen molar-refractivity contribution in [1.29, 1.82) is 0 Å². The summed E-state index contributed by atoms with van der Waals surface area (Å²) in [5, 5.41) is 3.02. The summed E-state index contributed by atoms with van der Waals surface area (Å²) in [7, 11) is 0. The molecular weight excluding hydrogens is 352 g/mol. The summed E-state index contributed by atoms with van der Waals surface area (Å²) in [6, 6.07) is 19.0. The van der Waals surface area contributed by atoms with Crippen LogP contribution in [0, 0.1) is 6.92 Å². The fourth-order valence-corrected chi connectivity index (χ4v) is 2.79. The Hall–Kier alpha value is -2.33. The van der Waals surface area contributed by atoms with Crippen molar-refractivity contribution in [2.75, 3.05) is 5.32 Å². The van der Waals surface area contributed by atoms with Crippen molar-refractivity contribution in [2.24, 2.45) is 0 Å². The van der Waals surface area contributed by atoms with Gasteiger partial charge in [0.15, 0.2) is 0 Å². The maximum absolute atomic E-state index is 12.9. The number of carbonyl (C=O) groups excluding carboxylic acids is 1. The number of anilines is 1. The first-order valence-electron chi connectivity index (χ1n) is 7.39. The summed E-state index contributed by atoms with van der Waals surface area (Å²) < 4.78 is 2.94. The summed E-state index contributed by atoms with van der Waals surface area (Å²) in [4.78, 5) is 12.9. The van der Waals surface area contributed by atoms with Crippen LogP contribution in [-0.2, 0) is 4.79 Å². The van der Waals surface area contributed by atoms with Gasteiger partial charge in [-0.15, -0.1) is 0 Å². The number of hydrogen-bond donors (Lipinski definition) is 1. The van der Waals surface area contributed by atoms with E-state index >= 15 is 0 Å². The predicted molar refractivity (Wildman–Crippen MR) is 96.5 cm³/mol. The Kier molecular flexibility index (Phi) is 4.63. The van der Waals surface area contributed by atoms with Gasteiger partial charge < -0.3 is 9.88 Å². The van der Waals surface area contributed by atoms with Gasteiger partial charge in [-0.05, 0) is 48.4 Å². The van der Waals surface area contributed by atoms with Crippen LogP contribution in [0.3, 0.4) is 0 Å². The van der Waals surface area contributed by atoms with E-state index in [1.165, 1.54) is 0 Å². The van der Waals surface area contributed by atoms with Crippen LogP contribution in [0.15, 0.2) is 77.5 Å². The SMILES string of the molecule is Cc1cc(NC(=O)[C@H](c2ccccc2)n2cccc2)ccc1Br. The lowest BCUT2D eigenvalue weighted by atomic mass is 10.1. The minimum Gasteiger partial charge on any atom is -0.338 e. The zero-order valence-electron chi connectivity index (χ0n) is 12.7. The van der Waals surface area contributed by atoms with E-state index < -0.39 is 6.04 Å². The molecule has 0 spiro atoms. The van der Waals surface area contributed by atoms with Crippen LogP contribution < -0.4 is 5.32 Å². The maximum atomic E-state index is 12.9. The molecule has 0 fully saturated rings. The predicted octanol–water partition coefficient (Wildman–Crippen LogP) is 4.79. The standard InChI is InChI=1S/C19H17BrN2O/c1-14-13-16(9-10-17(14)20)21-19(23)18(22-11-5-6-12-22)15-7-3-2-4-8-15/h2-13,18H,1H3,(H,21,23)/t18-/m0/s1. The van der Waals surface area contributed by atoms with Gasteiger partial charge in [0.1, 0.15) is 6.04 Å². The van der Waals surface area contributed by atoms with E-state index in [0.29, 0.717) is 0 Å². The van der Waals surface area contributed by atoms with Gasteiger partial charge in [-0.2, -0.15) is 0 Å². The van der Waals surface area contributed by atoms with Crippen LogP contribution in [-0.4, -0.2) is 10.5 Å². The van der Waals surface area contributed by atoms with E-state index in [0.717, 1.165) is 21.3 Å². The Morgan fingerprint density at radius 3 is 2.39 bits per heavy atom. The largest absolute Gasteiger partial charge is 0.338 e. The minimum atomic E-state index is -0.393. The number of nitrogens with one attached hydrogen (secondary N) is 1. The smallest absolute Gasteiger partial charge is 0.252 e. The number of rotatable bonds is 4. The van der Waals surface area contributed by atoms with Crippen LogP contribution in [0.4, 0.5) is 5.69 Å². The van der Waals surface area contributed by atoms with E-state index in [9.17, 15) is 4.79 Å². The molecule has 1 N–H and O–H groups in total. The molecule has 3 aromatic rings. The second-order valence-electron chi connectivity index (χ2n) is 5.40. The van der Waals surface area contributed by atoms with E-state index in [4.69, 9.17) is 0 Å². The average Bonchev–Trinajstić information content (AvgIpc) is 3.06. The number of halogens is 1. The average molecular weight is 369 g/mol. The highest BCUT2D eigenvalue weighted by Crippen LogP contribution is 2.23. The first kappa shape index (κ1) is 15.6. The number of nitrogens with zero attached hydrogens (tertiary/aromatic N) is 1. The van der Waals surface area contributed by atoms with Gasteiger partial charge in [-0.25, -0.2) is 0 Å². The van der Waals surface area contributed by atoms with Gasteiger partial charge in [0, 0.05) is 22.6 Å². The quantitative estimate of drug-likeness (QED) is 0.705. The van der Waals surface area contributed by atoms with Crippen molar-refractivity contribution in [1.82, 2.24) is 4.57 Å². The summed E-state index contributed by atoms with van der Waals surface area (Å²) in [5.74, 6) is -0.0610. The zero-order valence-corrected chi connectivity index (χ0v) is 14.3. The Balaban J connectivity index is 1.90. The van der Waals surface area contributed by atoms with E-state index in [-0.39, 0.29) is 5.91 Å². The molecule has 1 atom stereocenters. The van der Waals surface area contributed by atoms with E-state index in [2.05, 4.69) is 21.2 Å². The topological polar surface area (TPSA) is 34.0 Å². The normalized spacial score (nSPS) is 11.9. The summed E-state index contributed by atoms with van der Waals surface area (Å²) >= 11 is 3.48. The van der Waals surface area contributed by atoms with Crippen molar-refractivity contribution in [3.8, 4) is 0 Å². The number of benzene rings is 2. The van der Waals surface area contributed by atoms with E-state index in [1.54, 1.807) is 0 Å². The van der Waals surface area contributed by atoms with Gasteiger partial charge in [0.2, 0.25) is 0 Å². The number of aryl methyl sites for hydroxylation is 1. The van der Waals surface area contributed by atoms with Crippen molar-refractivity contribution in [3.63, 3.8) is 0 Å². The molecule has 1 aromatic heterocycles. The molecule has 0 saturated carbocycles. The molecule has 4 heteroatoms. The third-order valence-electron chi connectivity index (χ3n) is 3.71. The van der Waals surface area contributed by atoms with Gasteiger partial charge in [0.05, 0.1) is 0 Å². The maximum Gasteiger partial charge on any atom is 0.252 e. The molecule has 3 rings (SSSR count). The molecule has 0 aliphatic carbocycles. The molecule has 0 unspecified atom stereocenters. The molecule has 116 valence electrons. The number of hydrogen-bond acceptors (Lipinski definition) is 1. The van der Waals surface area contributed by atoms with Crippen molar-refractivity contribution in [3.05, 3.63) is 88.7 Å². The Bertz CT molecular complexity index is 798. The fourth-order valence-electron chi connectivity index (χ4n) is 2.55. The molecule has 0 aliphatic heterocycles. The Morgan fingerprint density at radius 2 is 1.74 bits per heavy atom. The Labute approximate surface area is 144 Å². The minimum absolute atomic E-state index is 0.0610. The lowest BCUT2D eigenvalue weighted by Crippen LogP contribution is -2.26. The molecule has 2 aromatic carbocycles. The van der Waals surface area contributed by atoms with Gasteiger partial charge in [-0.3, -0.25) is 4.79 Å². The molecule has 0 bridgehead atoms. The lowest BCUT2D eigenvalue weighted by molar-refractivity contribution is -0.118. The zero-order chi connectivity index (χ0) is 16.2. The van der Waals surface area contributed by atoms with Crippen molar-refractivity contribution < 1.29 is 4.79 Å². The van der Waals surface area contributed by atoms with Crippen LogP contribution in [0.5, 0.6) is 0 Å². The second kappa shape index (κ2) is 6.84. The first-order chi connectivity index (χ1) is 11.1. The van der Waals surface area contributed by atoms with Crippen molar-refractivity contribution in [2.45, 2.75) is 13.0 Å². The molecule has 3 nitrogen and oxygen atoms in total.